The fourth-order valence-corrected chi connectivity index (χ4v) is 4.51. The minimum Gasteiger partial charge on any atom is -0.391 e. The first kappa shape index (κ1) is 24.8. The minimum absolute atomic E-state index is 0.177. The fraction of sp³-hybridized carbons (Fsp3) is 0.385. The van der Waals surface area contributed by atoms with Gasteiger partial charge in [0.1, 0.15) is 0 Å². The lowest BCUT2D eigenvalue weighted by Gasteiger charge is -2.32. The summed E-state index contributed by atoms with van der Waals surface area (Å²) in [5.41, 5.74) is 2.54. The average molecular weight is 488 g/mol. The first-order valence-electron chi connectivity index (χ1n) is 11.7. The molecule has 1 unspecified atom stereocenters. The summed E-state index contributed by atoms with van der Waals surface area (Å²) in [5, 5.41) is 15.9. The molecule has 0 aromatic heterocycles. The standard InChI is InChI=1S/C26H28F3N3O3/c1-2-3-7-25(35)32-11-10-16(19-9-8-17(13-23(19)32)26(27,28)29)12-24(34)31-22-6-4-5-21-20(22)14-18(33)15-30-21/h4-6,8-9,12-13,18,30,33H,2-3,7,10-11,14-15H2,1H3,(H,31,34)/b16-12+. The molecule has 0 radical (unpaired) electrons. The Balaban J connectivity index is 1.64. The maximum atomic E-state index is 13.4. The zero-order valence-corrected chi connectivity index (χ0v) is 19.4. The molecule has 0 saturated heterocycles. The monoisotopic (exact) mass is 487 g/mol. The van der Waals surface area contributed by atoms with Crippen molar-refractivity contribution in [3.05, 3.63) is 59.2 Å². The van der Waals surface area contributed by atoms with Crippen LogP contribution in [0.3, 0.4) is 0 Å². The van der Waals surface area contributed by atoms with Gasteiger partial charge in [0.25, 0.3) is 0 Å². The van der Waals surface area contributed by atoms with Gasteiger partial charge in [0.05, 0.1) is 17.4 Å². The number of hydrogen-bond acceptors (Lipinski definition) is 4. The molecular weight excluding hydrogens is 459 g/mol. The number of fused-ring (bicyclic) bond motifs is 2. The number of amides is 2. The number of nitrogens with one attached hydrogen (secondary N) is 2. The normalized spacial score (nSPS) is 18.5. The van der Waals surface area contributed by atoms with Crippen molar-refractivity contribution < 1.29 is 27.9 Å². The number of rotatable bonds is 5. The molecule has 2 aromatic rings. The van der Waals surface area contributed by atoms with E-state index in [2.05, 4.69) is 10.6 Å². The summed E-state index contributed by atoms with van der Waals surface area (Å²) >= 11 is 0. The van der Waals surface area contributed by atoms with E-state index in [1.165, 1.54) is 17.0 Å². The van der Waals surface area contributed by atoms with Crippen LogP contribution in [0.4, 0.5) is 30.2 Å². The first-order chi connectivity index (χ1) is 16.7. The third-order valence-corrected chi connectivity index (χ3v) is 6.32. The quantitative estimate of drug-likeness (QED) is 0.520. The molecule has 1 atom stereocenters. The number of carbonyl (C=O) groups excluding carboxylic acids is 2. The molecule has 0 fully saturated rings. The number of benzene rings is 2. The number of aliphatic hydroxyl groups is 1. The molecule has 2 amide bonds. The van der Waals surface area contributed by atoms with Crippen molar-refractivity contribution in [1.29, 1.82) is 0 Å². The van der Waals surface area contributed by atoms with Crippen molar-refractivity contribution in [2.24, 2.45) is 0 Å². The van der Waals surface area contributed by atoms with E-state index in [4.69, 9.17) is 0 Å². The molecule has 0 saturated carbocycles. The van der Waals surface area contributed by atoms with Crippen LogP contribution in [0.1, 0.15) is 49.3 Å². The van der Waals surface area contributed by atoms with Crippen LogP contribution in [0, 0.1) is 0 Å². The van der Waals surface area contributed by atoms with Gasteiger partial charge in [0.15, 0.2) is 0 Å². The summed E-state index contributed by atoms with van der Waals surface area (Å²) in [6.45, 7) is 2.57. The topological polar surface area (TPSA) is 81.7 Å². The zero-order valence-electron chi connectivity index (χ0n) is 19.4. The van der Waals surface area contributed by atoms with Crippen LogP contribution < -0.4 is 15.5 Å². The number of carbonyl (C=O) groups is 2. The summed E-state index contributed by atoms with van der Waals surface area (Å²) < 4.78 is 40.2. The minimum atomic E-state index is -4.54. The van der Waals surface area contributed by atoms with Gasteiger partial charge in [-0.2, -0.15) is 13.2 Å². The van der Waals surface area contributed by atoms with Gasteiger partial charge in [-0.25, -0.2) is 0 Å². The van der Waals surface area contributed by atoms with Gasteiger partial charge in [0.2, 0.25) is 11.8 Å². The highest BCUT2D eigenvalue weighted by atomic mass is 19.4. The maximum Gasteiger partial charge on any atom is 0.416 e. The van der Waals surface area contributed by atoms with Gasteiger partial charge < -0.3 is 20.6 Å². The highest BCUT2D eigenvalue weighted by Crippen LogP contribution is 2.40. The molecule has 2 aromatic carbocycles. The molecule has 186 valence electrons. The van der Waals surface area contributed by atoms with E-state index in [0.717, 1.165) is 29.8 Å². The Morgan fingerprint density at radius 1 is 1.26 bits per heavy atom. The van der Waals surface area contributed by atoms with Crippen LogP contribution >= 0.6 is 0 Å². The van der Waals surface area contributed by atoms with Crippen molar-refractivity contribution in [1.82, 2.24) is 0 Å². The molecule has 3 N–H and O–H groups in total. The van der Waals surface area contributed by atoms with Gasteiger partial charge in [0, 0.05) is 54.5 Å². The largest absolute Gasteiger partial charge is 0.416 e. The molecule has 6 nitrogen and oxygen atoms in total. The number of anilines is 3. The first-order valence-corrected chi connectivity index (χ1v) is 11.7. The number of unbranched alkanes of at least 4 members (excludes halogenated alkanes) is 1. The van der Waals surface area contributed by atoms with Crippen molar-refractivity contribution in [3.63, 3.8) is 0 Å². The molecule has 35 heavy (non-hydrogen) atoms. The number of β-amino-alcohol motifs (C(OH)–C–C–N with tert-alkyl or cyclic N) is 1. The maximum absolute atomic E-state index is 13.4. The number of nitrogens with zero attached hydrogens (tertiary/aromatic N) is 1. The van der Waals surface area contributed by atoms with Crippen molar-refractivity contribution >= 4 is 34.4 Å². The second-order valence-corrected chi connectivity index (χ2v) is 8.86. The molecule has 2 aliphatic heterocycles. The number of aliphatic hydroxyl groups excluding tert-OH is 1. The van der Waals surface area contributed by atoms with Gasteiger partial charge in [-0.05, 0) is 42.7 Å². The smallest absolute Gasteiger partial charge is 0.391 e. The van der Waals surface area contributed by atoms with E-state index in [1.54, 1.807) is 12.1 Å². The molecule has 2 heterocycles. The number of hydrogen-bond donors (Lipinski definition) is 3. The Labute approximate surface area is 201 Å². The Hall–Kier alpha value is -3.33. The summed E-state index contributed by atoms with van der Waals surface area (Å²) in [7, 11) is 0. The third-order valence-electron chi connectivity index (χ3n) is 6.32. The van der Waals surface area contributed by atoms with E-state index in [-0.39, 0.29) is 24.6 Å². The molecule has 9 heteroatoms. The lowest BCUT2D eigenvalue weighted by Crippen LogP contribution is -2.35. The number of alkyl halides is 3. The molecule has 2 aliphatic rings. The van der Waals surface area contributed by atoms with Gasteiger partial charge in [-0.15, -0.1) is 0 Å². The molecule has 0 bridgehead atoms. The third kappa shape index (κ3) is 5.51. The Kier molecular flexibility index (Phi) is 7.16. The zero-order chi connectivity index (χ0) is 25.2. The highest BCUT2D eigenvalue weighted by molar-refractivity contribution is 6.07. The Morgan fingerprint density at radius 2 is 2.06 bits per heavy atom. The van der Waals surface area contributed by atoms with E-state index in [0.29, 0.717) is 42.6 Å². The van der Waals surface area contributed by atoms with Crippen LogP contribution in [0.5, 0.6) is 0 Å². The van der Waals surface area contributed by atoms with E-state index in [9.17, 15) is 27.9 Å². The van der Waals surface area contributed by atoms with Gasteiger partial charge >= 0.3 is 6.18 Å². The SMILES string of the molecule is CCCCC(=O)N1CC/C(=C\C(=O)Nc2cccc3c2CC(O)CN3)c2ccc(C(F)(F)F)cc21. The summed E-state index contributed by atoms with van der Waals surface area (Å²) in [4.78, 5) is 27.0. The van der Waals surface area contributed by atoms with E-state index >= 15 is 0 Å². The van der Waals surface area contributed by atoms with Crippen LogP contribution in [0.25, 0.3) is 5.57 Å². The van der Waals surface area contributed by atoms with E-state index < -0.39 is 23.8 Å². The summed E-state index contributed by atoms with van der Waals surface area (Å²) in [6, 6.07) is 8.71. The van der Waals surface area contributed by atoms with Crippen LogP contribution in [-0.2, 0) is 22.2 Å². The Morgan fingerprint density at radius 3 is 2.80 bits per heavy atom. The lowest BCUT2D eigenvalue weighted by molar-refractivity contribution is -0.137. The molecular formula is C26H28F3N3O3. The molecule has 0 aliphatic carbocycles. The van der Waals surface area contributed by atoms with Crippen molar-refractivity contribution in [2.75, 3.05) is 28.6 Å². The lowest BCUT2D eigenvalue weighted by atomic mass is 9.93. The molecule has 0 spiro atoms. The van der Waals surface area contributed by atoms with Gasteiger partial charge in [-0.1, -0.05) is 25.5 Å². The van der Waals surface area contributed by atoms with Crippen molar-refractivity contribution in [3.8, 4) is 0 Å². The van der Waals surface area contributed by atoms with Crippen LogP contribution in [-0.4, -0.2) is 36.1 Å². The second kappa shape index (κ2) is 10.1. The number of halogens is 3. The van der Waals surface area contributed by atoms with Gasteiger partial charge in [-0.3, -0.25) is 9.59 Å². The fourth-order valence-electron chi connectivity index (χ4n) is 4.51. The highest BCUT2D eigenvalue weighted by Gasteiger charge is 2.34. The van der Waals surface area contributed by atoms with Crippen molar-refractivity contribution in [2.45, 2.75) is 51.3 Å². The summed E-state index contributed by atoms with van der Waals surface area (Å²) in [6.07, 6.45) is -1.28. The second-order valence-electron chi connectivity index (χ2n) is 8.86. The predicted molar refractivity (Wildman–Crippen MR) is 129 cm³/mol. The Bertz CT molecular complexity index is 1160. The average Bonchev–Trinajstić information content (AvgIpc) is 2.82. The van der Waals surface area contributed by atoms with Crippen LogP contribution in [0.2, 0.25) is 0 Å². The van der Waals surface area contributed by atoms with Crippen LogP contribution in [0.15, 0.2) is 42.5 Å². The van der Waals surface area contributed by atoms with E-state index in [1.807, 2.05) is 13.0 Å². The summed E-state index contributed by atoms with van der Waals surface area (Å²) in [5.74, 6) is -0.650. The predicted octanol–water partition coefficient (Wildman–Crippen LogP) is 4.98. The molecule has 4 rings (SSSR count).